The van der Waals surface area contributed by atoms with Crippen LogP contribution in [-0.4, -0.2) is 30.8 Å². The summed E-state index contributed by atoms with van der Waals surface area (Å²) >= 11 is 1.86. The Morgan fingerprint density at radius 3 is 2.38 bits per heavy atom. The molecule has 0 aliphatic rings. The van der Waals surface area contributed by atoms with Gasteiger partial charge in [-0.2, -0.15) is 11.8 Å². The van der Waals surface area contributed by atoms with Crippen LogP contribution in [0, 0.1) is 0 Å². The fourth-order valence-corrected chi connectivity index (χ4v) is 1.44. The molecule has 0 radical (unpaired) electrons. The zero-order valence-corrected chi connectivity index (χ0v) is 9.95. The van der Waals surface area contributed by atoms with Gasteiger partial charge in [0.15, 0.2) is 0 Å². The molecule has 0 unspecified atom stereocenters. The van der Waals surface area contributed by atoms with Gasteiger partial charge in [0.2, 0.25) is 0 Å². The van der Waals surface area contributed by atoms with Crippen molar-refractivity contribution in [2.45, 2.75) is 38.6 Å². The molecule has 0 aliphatic carbocycles. The Morgan fingerprint density at radius 2 is 1.92 bits per heavy atom. The standard InChI is InChI=1S/C10H23NOS/c1-4-10(11,5-2)9-12-7-6-8-13-3/h4-9,11H2,1-3H3. The molecule has 0 aromatic carbocycles. The molecule has 0 bridgehead atoms. The van der Waals surface area contributed by atoms with Crippen LogP contribution in [0.4, 0.5) is 0 Å². The minimum absolute atomic E-state index is 0.0979. The van der Waals surface area contributed by atoms with E-state index < -0.39 is 0 Å². The molecule has 0 aromatic rings. The number of ether oxygens (including phenoxy) is 1. The lowest BCUT2D eigenvalue weighted by atomic mass is 9.96. The van der Waals surface area contributed by atoms with Crippen molar-refractivity contribution in [3.05, 3.63) is 0 Å². The van der Waals surface area contributed by atoms with Crippen LogP contribution in [-0.2, 0) is 4.74 Å². The second-order valence-electron chi connectivity index (χ2n) is 3.47. The van der Waals surface area contributed by atoms with E-state index in [9.17, 15) is 0 Å². The highest BCUT2D eigenvalue weighted by Crippen LogP contribution is 2.11. The maximum atomic E-state index is 6.08. The molecule has 2 N–H and O–H groups in total. The van der Waals surface area contributed by atoms with E-state index in [1.807, 2.05) is 11.8 Å². The monoisotopic (exact) mass is 205 g/mol. The van der Waals surface area contributed by atoms with Gasteiger partial charge in [-0.05, 0) is 31.3 Å². The van der Waals surface area contributed by atoms with E-state index in [1.54, 1.807) is 0 Å². The van der Waals surface area contributed by atoms with Crippen LogP contribution in [0.2, 0.25) is 0 Å². The minimum Gasteiger partial charge on any atom is -0.380 e. The lowest BCUT2D eigenvalue weighted by Gasteiger charge is -2.26. The predicted octanol–water partition coefficient (Wildman–Crippen LogP) is 2.27. The Balaban J connectivity index is 3.39. The first kappa shape index (κ1) is 13.3. The van der Waals surface area contributed by atoms with Crippen LogP contribution in [0.25, 0.3) is 0 Å². The molecule has 0 saturated carbocycles. The number of thioether (sulfide) groups is 1. The average molecular weight is 205 g/mol. The molecule has 0 rings (SSSR count). The van der Waals surface area contributed by atoms with E-state index in [1.165, 1.54) is 5.75 Å². The molecule has 0 fully saturated rings. The Labute approximate surface area is 86.6 Å². The SMILES string of the molecule is CCC(N)(CC)COCCCSC. The van der Waals surface area contributed by atoms with E-state index in [0.29, 0.717) is 6.61 Å². The molecule has 0 spiro atoms. The third-order valence-electron chi connectivity index (χ3n) is 2.43. The molecule has 0 amide bonds. The molecule has 0 aliphatic heterocycles. The Hall–Kier alpha value is 0.270. The maximum Gasteiger partial charge on any atom is 0.0645 e. The highest BCUT2D eigenvalue weighted by Gasteiger charge is 2.19. The summed E-state index contributed by atoms with van der Waals surface area (Å²) in [5.74, 6) is 1.18. The van der Waals surface area contributed by atoms with Gasteiger partial charge >= 0.3 is 0 Å². The first-order valence-corrected chi connectivity index (χ1v) is 6.43. The summed E-state index contributed by atoms with van der Waals surface area (Å²) in [6.45, 7) is 5.79. The second kappa shape index (κ2) is 7.65. The number of rotatable bonds is 8. The molecule has 0 aromatic heterocycles. The Bertz CT molecular complexity index is 115. The van der Waals surface area contributed by atoms with Crippen molar-refractivity contribution in [3.63, 3.8) is 0 Å². The van der Waals surface area contributed by atoms with Crippen molar-refractivity contribution in [3.8, 4) is 0 Å². The Kier molecular flexibility index (Phi) is 7.81. The van der Waals surface area contributed by atoms with E-state index in [4.69, 9.17) is 10.5 Å². The molecule has 13 heavy (non-hydrogen) atoms. The van der Waals surface area contributed by atoms with Gasteiger partial charge in [-0.25, -0.2) is 0 Å². The highest BCUT2D eigenvalue weighted by molar-refractivity contribution is 7.98. The Morgan fingerprint density at radius 1 is 1.31 bits per heavy atom. The zero-order chi connectivity index (χ0) is 10.2. The van der Waals surface area contributed by atoms with E-state index in [2.05, 4.69) is 20.1 Å². The van der Waals surface area contributed by atoms with Gasteiger partial charge in [0.25, 0.3) is 0 Å². The largest absolute Gasteiger partial charge is 0.380 e. The normalized spacial score (nSPS) is 12.0. The van der Waals surface area contributed by atoms with Gasteiger partial charge in [0.05, 0.1) is 6.61 Å². The fourth-order valence-electron chi connectivity index (χ4n) is 1.03. The number of hydrogen-bond acceptors (Lipinski definition) is 3. The van der Waals surface area contributed by atoms with Crippen LogP contribution in [0.3, 0.4) is 0 Å². The molecule has 80 valence electrons. The van der Waals surface area contributed by atoms with Gasteiger partial charge in [0.1, 0.15) is 0 Å². The van der Waals surface area contributed by atoms with Crippen molar-refractivity contribution >= 4 is 11.8 Å². The van der Waals surface area contributed by atoms with E-state index >= 15 is 0 Å². The first-order valence-electron chi connectivity index (χ1n) is 5.04. The fraction of sp³-hybridized carbons (Fsp3) is 1.00. The van der Waals surface area contributed by atoms with Crippen LogP contribution in [0.1, 0.15) is 33.1 Å². The molecule has 0 atom stereocenters. The molecule has 0 heterocycles. The summed E-state index contributed by atoms with van der Waals surface area (Å²) < 4.78 is 5.54. The van der Waals surface area contributed by atoms with Crippen molar-refractivity contribution in [2.75, 3.05) is 25.2 Å². The summed E-state index contributed by atoms with van der Waals surface area (Å²) in [5, 5.41) is 0. The topological polar surface area (TPSA) is 35.2 Å². The van der Waals surface area contributed by atoms with Gasteiger partial charge in [-0.1, -0.05) is 13.8 Å². The smallest absolute Gasteiger partial charge is 0.0645 e. The zero-order valence-electron chi connectivity index (χ0n) is 9.14. The van der Waals surface area contributed by atoms with E-state index in [0.717, 1.165) is 25.9 Å². The summed E-state index contributed by atoms with van der Waals surface area (Å²) in [7, 11) is 0. The minimum atomic E-state index is -0.0979. The number of nitrogens with two attached hydrogens (primary N) is 1. The quantitative estimate of drug-likeness (QED) is 0.617. The molecule has 2 nitrogen and oxygen atoms in total. The first-order chi connectivity index (χ1) is 6.18. The van der Waals surface area contributed by atoms with Gasteiger partial charge in [-0.3, -0.25) is 0 Å². The van der Waals surface area contributed by atoms with Crippen molar-refractivity contribution in [1.29, 1.82) is 0 Å². The van der Waals surface area contributed by atoms with Crippen molar-refractivity contribution in [1.82, 2.24) is 0 Å². The van der Waals surface area contributed by atoms with Crippen LogP contribution in [0.5, 0.6) is 0 Å². The highest BCUT2D eigenvalue weighted by atomic mass is 32.2. The summed E-state index contributed by atoms with van der Waals surface area (Å²) in [6, 6.07) is 0. The maximum absolute atomic E-state index is 6.08. The molecule has 0 saturated heterocycles. The summed E-state index contributed by atoms with van der Waals surface area (Å²) in [4.78, 5) is 0. The lowest BCUT2D eigenvalue weighted by Crippen LogP contribution is -2.43. The molecule has 3 heteroatoms. The average Bonchev–Trinajstić information content (AvgIpc) is 2.17. The van der Waals surface area contributed by atoms with Crippen LogP contribution >= 0.6 is 11.8 Å². The van der Waals surface area contributed by atoms with Gasteiger partial charge < -0.3 is 10.5 Å². The summed E-state index contributed by atoms with van der Waals surface area (Å²) in [5.41, 5.74) is 5.98. The third-order valence-corrected chi connectivity index (χ3v) is 3.13. The predicted molar refractivity (Wildman–Crippen MR) is 61.3 cm³/mol. The van der Waals surface area contributed by atoms with Crippen molar-refractivity contribution in [2.24, 2.45) is 5.73 Å². The second-order valence-corrected chi connectivity index (χ2v) is 4.45. The van der Waals surface area contributed by atoms with Crippen LogP contribution < -0.4 is 5.73 Å². The lowest BCUT2D eigenvalue weighted by molar-refractivity contribution is 0.0819. The van der Waals surface area contributed by atoms with E-state index in [-0.39, 0.29) is 5.54 Å². The van der Waals surface area contributed by atoms with Gasteiger partial charge in [-0.15, -0.1) is 0 Å². The summed E-state index contributed by atoms with van der Waals surface area (Å²) in [6.07, 6.45) is 5.23. The molecular formula is C10H23NOS. The molecular weight excluding hydrogens is 182 g/mol. The van der Waals surface area contributed by atoms with Crippen molar-refractivity contribution < 1.29 is 4.74 Å². The van der Waals surface area contributed by atoms with Gasteiger partial charge in [0, 0.05) is 12.1 Å². The third kappa shape index (κ3) is 6.36. The number of hydrogen-bond donors (Lipinski definition) is 1. The van der Waals surface area contributed by atoms with Crippen LogP contribution in [0.15, 0.2) is 0 Å².